The molecule has 0 aliphatic carbocycles. The average molecular weight is 451 g/mol. The molecule has 1 heterocycles. The third kappa shape index (κ3) is 6.72. The summed E-state index contributed by atoms with van der Waals surface area (Å²) < 4.78 is 7.85. The minimum Gasteiger partial charge on any atom is -0.486 e. The van der Waals surface area contributed by atoms with Crippen LogP contribution < -0.4 is 10.1 Å². The molecular formula is C25H30N4O2S. The Labute approximate surface area is 194 Å². The van der Waals surface area contributed by atoms with Gasteiger partial charge in [0.15, 0.2) is 11.0 Å². The number of allylic oxidation sites excluding steroid dienone is 1. The highest BCUT2D eigenvalue weighted by atomic mass is 32.2. The summed E-state index contributed by atoms with van der Waals surface area (Å²) in [5.74, 6) is 1.68. The first-order valence-electron chi connectivity index (χ1n) is 10.6. The molecule has 0 saturated carbocycles. The molecule has 32 heavy (non-hydrogen) atoms. The molecule has 2 aromatic carbocycles. The molecule has 0 radical (unpaired) electrons. The van der Waals surface area contributed by atoms with Crippen molar-refractivity contribution in [1.29, 1.82) is 0 Å². The van der Waals surface area contributed by atoms with Crippen molar-refractivity contribution in [2.24, 2.45) is 0 Å². The van der Waals surface area contributed by atoms with Gasteiger partial charge in [-0.3, -0.25) is 9.36 Å². The molecule has 168 valence electrons. The molecule has 0 aliphatic heterocycles. The normalized spacial score (nSPS) is 11.2. The van der Waals surface area contributed by atoms with Crippen LogP contribution in [-0.2, 0) is 29.9 Å². The number of aromatic nitrogens is 3. The molecule has 3 rings (SSSR count). The third-order valence-electron chi connectivity index (χ3n) is 4.86. The van der Waals surface area contributed by atoms with Crippen LogP contribution in [0.5, 0.6) is 5.75 Å². The number of carbonyl (C=O) groups is 1. The maximum atomic E-state index is 12.2. The highest BCUT2D eigenvalue weighted by Crippen LogP contribution is 2.25. The van der Waals surface area contributed by atoms with Crippen LogP contribution in [-0.4, -0.2) is 26.4 Å². The van der Waals surface area contributed by atoms with Crippen LogP contribution in [0.15, 0.2) is 72.4 Å². The average Bonchev–Trinajstić information content (AvgIpc) is 3.17. The van der Waals surface area contributed by atoms with Crippen molar-refractivity contribution in [3.05, 3.63) is 84.2 Å². The van der Waals surface area contributed by atoms with Gasteiger partial charge in [0.2, 0.25) is 5.91 Å². The van der Waals surface area contributed by atoms with Gasteiger partial charge >= 0.3 is 0 Å². The zero-order valence-electron chi connectivity index (χ0n) is 18.9. The topological polar surface area (TPSA) is 69.0 Å². The van der Waals surface area contributed by atoms with Crippen LogP contribution in [0.1, 0.15) is 37.7 Å². The summed E-state index contributed by atoms with van der Waals surface area (Å²) in [7, 11) is 0. The lowest BCUT2D eigenvalue weighted by Gasteiger charge is -2.19. The zero-order chi connectivity index (χ0) is 23.0. The minimum atomic E-state index is -0.0521. The van der Waals surface area contributed by atoms with Crippen molar-refractivity contribution in [3.8, 4) is 5.75 Å². The Morgan fingerprint density at radius 2 is 1.84 bits per heavy atom. The number of nitrogens with zero attached hydrogens (tertiary/aromatic N) is 3. The second-order valence-corrected chi connectivity index (χ2v) is 9.35. The summed E-state index contributed by atoms with van der Waals surface area (Å²) in [6.07, 6.45) is 1.78. The van der Waals surface area contributed by atoms with Crippen molar-refractivity contribution >= 4 is 17.7 Å². The fraction of sp³-hybridized carbons (Fsp3) is 0.320. The van der Waals surface area contributed by atoms with Crippen molar-refractivity contribution in [3.63, 3.8) is 0 Å². The van der Waals surface area contributed by atoms with Gasteiger partial charge in [-0.05, 0) is 28.7 Å². The predicted octanol–water partition coefficient (Wildman–Crippen LogP) is 4.75. The van der Waals surface area contributed by atoms with Crippen LogP contribution in [0.2, 0.25) is 0 Å². The van der Waals surface area contributed by atoms with Crippen molar-refractivity contribution in [1.82, 2.24) is 20.1 Å². The zero-order valence-corrected chi connectivity index (χ0v) is 19.7. The second-order valence-electron chi connectivity index (χ2n) is 8.41. The predicted molar refractivity (Wildman–Crippen MR) is 129 cm³/mol. The minimum absolute atomic E-state index is 0.0521. The first-order valence-corrected chi connectivity index (χ1v) is 11.5. The van der Waals surface area contributed by atoms with E-state index in [0.29, 0.717) is 24.1 Å². The molecule has 3 aromatic rings. The number of hydrogen-bond donors (Lipinski definition) is 1. The van der Waals surface area contributed by atoms with Crippen molar-refractivity contribution in [2.75, 3.05) is 5.75 Å². The fourth-order valence-corrected chi connectivity index (χ4v) is 3.82. The largest absolute Gasteiger partial charge is 0.486 e. The lowest BCUT2D eigenvalue weighted by molar-refractivity contribution is -0.118. The summed E-state index contributed by atoms with van der Waals surface area (Å²) in [5.41, 5.74) is 2.42. The smallest absolute Gasteiger partial charge is 0.230 e. The summed E-state index contributed by atoms with van der Waals surface area (Å²) in [4.78, 5) is 12.2. The molecule has 0 aliphatic rings. The van der Waals surface area contributed by atoms with E-state index >= 15 is 0 Å². The molecular weight excluding hydrogens is 420 g/mol. The van der Waals surface area contributed by atoms with Gasteiger partial charge in [0.1, 0.15) is 12.4 Å². The fourth-order valence-electron chi connectivity index (χ4n) is 3.02. The number of amides is 1. The lowest BCUT2D eigenvalue weighted by Crippen LogP contribution is -2.24. The van der Waals surface area contributed by atoms with Crippen LogP contribution >= 0.6 is 11.8 Å². The first-order chi connectivity index (χ1) is 15.4. The standard InChI is InChI=1S/C25H30N4O2S/c1-5-15-29-22(17-31-21-13-11-20(12-14-21)25(2,3)4)27-28-24(29)32-18-23(30)26-16-19-9-7-6-8-10-19/h5-14H,1,15-18H2,2-4H3,(H,26,30). The van der Waals surface area contributed by atoms with Crippen LogP contribution in [0.3, 0.4) is 0 Å². The lowest BCUT2D eigenvalue weighted by atomic mass is 9.87. The summed E-state index contributed by atoms with van der Waals surface area (Å²) in [5, 5.41) is 12.1. The molecule has 1 aromatic heterocycles. The third-order valence-corrected chi connectivity index (χ3v) is 5.83. The molecule has 7 heteroatoms. The molecule has 0 atom stereocenters. The Hall–Kier alpha value is -3.06. The summed E-state index contributed by atoms with van der Waals surface area (Å²) >= 11 is 1.35. The summed E-state index contributed by atoms with van der Waals surface area (Å²) in [6, 6.07) is 17.9. The number of benzene rings is 2. The summed E-state index contributed by atoms with van der Waals surface area (Å²) in [6.45, 7) is 11.7. The number of hydrogen-bond acceptors (Lipinski definition) is 5. The van der Waals surface area contributed by atoms with E-state index in [1.54, 1.807) is 6.08 Å². The molecule has 1 amide bonds. The molecule has 6 nitrogen and oxygen atoms in total. The number of rotatable bonds is 10. The van der Waals surface area contributed by atoms with Gasteiger partial charge in [0.25, 0.3) is 0 Å². The quantitative estimate of drug-likeness (QED) is 0.357. The number of ether oxygens (including phenoxy) is 1. The van der Waals surface area contributed by atoms with Crippen molar-refractivity contribution < 1.29 is 9.53 Å². The van der Waals surface area contributed by atoms with Gasteiger partial charge in [-0.15, -0.1) is 16.8 Å². The molecule has 0 fully saturated rings. The van der Waals surface area contributed by atoms with Crippen LogP contribution in [0.4, 0.5) is 0 Å². The van der Waals surface area contributed by atoms with Gasteiger partial charge in [-0.1, -0.05) is 81.1 Å². The Morgan fingerprint density at radius 3 is 2.50 bits per heavy atom. The molecule has 0 saturated heterocycles. The number of thioether (sulfide) groups is 1. The number of nitrogens with one attached hydrogen (secondary N) is 1. The van der Waals surface area contributed by atoms with Crippen LogP contribution in [0, 0.1) is 0 Å². The van der Waals surface area contributed by atoms with Gasteiger partial charge in [-0.25, -0.2) is 0 Å². The van der Waals surface area contributed by atoms with Crippen LogP contribution in [0.25, 0.3) is 0 Å². The van der Waals surface area contributed by atoms with E-state index in [4.69, 9.17) is 4.74 Å². The van der Waals surface area contributed by atoms with Gasteiger partial charge < -0.3 is 10.1 Å². The van der Waals surface area contributed by atoms with Crippen molar-refractivity contribution in [2.45, 2.75) is 51.0 Å². The molecule has 1 N–H and O–H groups in total. The van der Waals surface area contributed by atoms with E-state index in [1.807, 2.05) is 47.0 Å². The highest BCUT2D eigenvalue weighted by molar-refractivity contribution is 7.99. The molecule has 0 unspecified atom stereocenters. The van der Waals surface area contributed by atoms with E-state index in [2.05, 4.69) is 55.0 Å². The Kier molecular flexibility index (Phi) is 8.11. The Balaban J connectivity index is 1.56. The van der Waals surface area contributed by atoms with E-state index in [-0.39, 0.29) is 23.7 Å². The van der Waals surface area contributed by atoms with Gasteiger partial charge in [0.05, 0.1) is 5.75 Å². The van der Waals surface area contributed by atoms with Gasteiger partial charge in [-0.2, -0.15) is 0 Å². The van der Waals surface area contributed by atoms with Gasteiger partial charge in [0, 0.05) is 13.1 Å². The Bertz CT molecular complexity index is 1020. The van der Waals surface area contributed by atoms with E-state index < -0.39 is 0 Å². The molecule has 0 spiro atoms. The Morgan fingerprint density at radius 1 is 1.12 bits per heavy atom. The number of carbonyl (C=O) groups excluding carboxylic acids is 1. The molecule has 0 bridgehead atoms. The highest BCUT2D eigenvalue weighted by Gasteiger charge is 2.15. The SMILES string of the molecule is C=CCn1c(COc2ccc(C(C)(C)C)cc2)nnc1SCC(=O)NCc1ccccc1. The first kappa shape index (κ1) is 23.6. The van der Waals surface area contributed by atoms with E-state index in [9.17, 15) is 4.79 Å². The second kappa shape index (κ2) is 11.0. The van der Waals surface area contributed by atoms with E-state index in [1.165, 1.54) is 17.3 Å². The van der Waals surface area contributed by atoms with E-state index in [0.717, 1.165) is 11.3 Å². The maximum Gasteiger partial charge on any atom is 0.230 e. The monoisotopic (exact) mass is 450 g/mol. The maximum absolute atomic E-state index is 12.2.